The summed E-state index contributed by atoms with van der Waals surface area (Å²) < 4.78 is 25.8. The van der Waals surface area contributed by atoms with E-state index in [-0.39, 0.29) is 11.6 Å². The Morgan fingerprint density at radius 3 is 2.31 bits per heavy atom. The average molecular weight is 459 g/mol. The quantitative estimate of drug-likeness (QED) is 0.460. The molecule has 0 atom stereocenters. The van der Waals surface area contributed by atoms with E-state index >= 15 is 0 Å². The van der Waals surface area contributed by atoms with Crippen LogP contribution in [0.3, 0.4) is 0 Å². The largest absolute Gasteiger partial charge is 0.359 e. The third kappa shape index (κ3) is 6.87. The Kier molecular flexibility index (Phi) is 9.81. The molecule has 0 spiro atoms. The van der Waals surface area contributed by atoms with Gasteiger partial charge in [-0.3, -0.25) is 0 Å². The van der Waals surface area contributed by atoms with Crippen molar-refractivity contribution in [1.82, 2.24) is 10.2 Å². The number of hydrogen-bond acceptors (Lipinski definition) is 5. The molecular formula is C25H32F2N4S. The van der Waals surface area contributed by atoms with Crippen molar-refractivity contribution in [2.75, 3.05) is 33.0 Å². The molecule has 2 N–H and O–H groups in total. The molecule has 7 heteroatoms. The monoisotopic (exact) mass is 458 g/mol. The highest BCUT2D eigenvalue weighted by Crippen LogP contribution is 2.39. The normalized spacial score (nSPS) is 11.3. The van der Waals surface area contributed by atoms with Crippen molar-refractivity contribution >= 4 is 33.5 Å². The summed E-state index contributed by atoms with van der Waals surface area (Å²) in [6.07, 6.45) is 0.901. The molecule has 0 saturated carbocycles. The van der Waals surface area contributed by atoms with E-state index in [9.17, 15) is 8.78 Å². The van der Waals surface area contributed by atoms with Crippen LogP contribution in [-0.4, -0.2) is 38.4 Å². The van der Waals surface area contributed by atoms with Gasteiger partial charge in [-0.05, 0) is 70.3 Å². The fourth-order valence-corrected chi connectivity index (χ4v) is 3.89. The Morgan fingerprint density at radius 2 is 1.72 bits per heavy atom. The Balaban J connectivity index is 0.000000252. The van der Waals surface area contributed by atoms with Gasteiger partial charge in [-0.15, -0.1) is 11.3 Å². The molecule has 2 heterocycles. The molecule has 0 amide bonds. The zero-order valence-electron chi connectivity index (χ0n) is 19.6. The number of nitrogens with one attached hydrogen (secondary N) is 2. The van der Waals surface area contributed by atoms with Gasteiger partial charge in [-0.25, -0.2) is 13.8 Å². The molecule has 1 aromatic heterocycles. The lowest BCUT2D eigenvalue weighted by Crippen LogP contribution is -2.26. The number of anilines is 2. The van der Waals surface area contributed by atoms with Crippen molar-refractivity contribution in [1.29, 1.82) is 0 Å². The smallest absolute Gasteiger partial charge is 0.139 e. The fraction of sp³-hybridized carbons (Fsp3) is 0.320. The second kappa shape index (κ2) is 12.3. The number of halogens is 2. The van der Waals surface area contributed by atoms with Gasteiger partial charge in [0.05, 0.1) is 16.9 Å². The van der Waals surface area contributed by atoms with E-state index < -0.39 is 0 Å². The molecule has 0 radical (unpaired) electrons. The molecule has 172 valence electrons. The second-order valence-electron chi connectivity index (χ2n) is 7.32. The standard InChI is InChI=1S/C15H16FN3S.C8H9F.C2H7N/c1-4-19(3)14-11-7-9(2)20-15(11)18-12-6-5-10(16)8-13(12)17-14;1-2-7-4-3-5-8(9)6-7;1-3-2/h5-8,18H,4H2,1-3H3;3-6H,2H2,1H3;3H,1-2H3. The van der Waals surface area contributed by atoms with Crippen LogP contribution < -0.4 is 10.6 Å². The van der Waals surface area contributed by atoms with Crippen LogP contribution in [0.4, 0.5) is 25.2 Å². The third-order valence-corrected chi connectivity index (χ3v) is 5.63. The first-order valence-electron chi connectivity index (χ1n) is 10.6. The van der Waals surface area contributed by atoms with Gasteiger partial charge in [0.15, 0.2) is 0 Å². The lowest BCUT2D eigenvalue weighted by molar-refractivity contribution is 0.537. The van der Waals surface area contributed by atoms with E-state index in [1.54, 1.807) is 29.5 Å². The van der Waals surface area contributed by atoms with Crippen molar-refractivity contribution in [2.45, 2.75) is 27.2 Å². The van der Waals surface area contributed by atoms with E-state index in [1.807, 2.05) is 34.1 Å². The first kappa shape index (κ1) is 25.5. The summed E-state index contributed by atoms with van der Waals surface area (Å²) in [4.78, 5) is 7.98. The molecule has 2 aromatic carbocycles. The second-order valence-corrected chi connectivity index (χ2v) is 8.58. The predicted molar refractivity (Wildman–Crippen MR) is 134 cm³/mol. The number of rotatable bonds is 2. The first-order valence-corrected chi connectivity index (χ1v) is 11.4. The minimum Gasteiger partial charge on any atom is -0.359 e. The zero-order chi connectivity index (χ0) is 23.7. The highest BCUT2D eigenvalue weighted by molar-refractivity contribution is 7.16. The number of thiophene rings is 1. The van der Waals surface area contributed by atoms with Gasteiger partial charge in [0.1, 0.15) is 22.5 Å². The van der Waals surface area contributed by atoms with E-state index in [0.717, 1.165) is 40.6 Å². The highest BCUT2D eigenvalue weighted by Gasteiger charge is 2.21. The van der Waals surface area contributed by atoms with Crippen molar-refractivity contribution in [3.63, 3.8) is 0 Å². The lowest BCUT2D eigenvalue weighted by Gasteiger charge is -2.18. The number of amidine groups is 1. The third-order valence-electron chi connectivity index (χ3n) is 4.66. The van der Waals surface area contributed by atoms with Gasteiger partial charge in [-0.2, -0.15) is 0 Å². The molecule has 3 aromatic rings. The maximum Gasteiger partial charge on any atom is 0.139 e. The van der Waals surface area contributed by atoms with Crippen LogP contribution >= 0.6 is 11.3 Å². The Labute approximate surface area is 194 Å². The number of benzene rings is 2. The summed E-state index contributed by atoms with van der Waals surface area (Å²) in [6.45, 7) is 7.01. The molecule has 0 aliphatic carbocycles. The van der Waals surface area contributed by atoms with E-state index in [2.05, 4.69) is 40.4 Å². The topological polar surface area (TPSA) is 39.7 Å². The Morgan fingerprint density at radius 1 is 1.03 bits per heavy atom. The summed E-state index contributed by atoms with van der Waals surface area (Å²) in [5, 5.41) is 7.18. The van der Waals surface area contributed by atoms with Crippen LogP contribution in [0.1, 0.15) is 29.9 Å². The molecule has 0 bridgehead atoms. The minimum atomic E-state index is -0.269. The summed E-state index contributed by atoms with van der Waals surface area (Å²) in [7, 11) is 5.75. The molecule has 1 aliphatic rings. The number of hydrogen-bond donors (Lipinski definition) is 2. The van der Waals surface area contributed by atoms with Crippen molar-refractivity contribution in [2.24, 2.45) is 4.99 Å². The van der Waals surface area contributed by atoms with Gasteiger partial charge in [0.25, 0.3) is 0 Å². The van der Waals surface area contributed by atoms with Crippen LogP contribution in [-0.2, 0) is 6.42 Å². The summed E-state index contributed by atoms with van der Waals surface area (Å²) >= 11 is 1.69. The fourth-order valence-electron chi connectivity index (χ4n) is 2.97. The van der Waals surface area contributed by atoms with Crippen LogP contribution in [0.2, 0.25) is 0 Å². The van der Waals surface area contributed by atoms with Crippen LogP contribution in [0, 0.1) is 18.6 Å². The number of nitrogens with zero attached hydrogens (tertiary/aromatic N) is 2. The van der Waals surface area contributed by atoms with Crippen LogP contribution in [0.5, 0.6) is 0 Å². The van der Waals surface area contributed by atoms with Crippen molar-refractivity contribution in [3.8, 4) is 0 Å². The van der Waals surface area contributed by atoms with Crippen LogP contribution in [0.15, 0.2) is 53.5 Å². The predicted octanol–water partition coefficient (Wildman–Crippen LogP) is 6.51. The molecule has 1 aliphatic heterocycles. The SMILES string of the molecule is CCN(C)C1=Nc2cc(F)ccc2Nc2sc(C)cc21.CCc1cccc(F)c1.CNC. The van der Waals surface area contributed by atoms with Gasteiger partial charge in [0, 0.05) is 24.5 Å². The molecule has 0 unspecified atom stereocenters. The molecular weight excluding hydrogens is 426 g/mol. The maximum atomic E-state index is 13.4. The number of fused-ring (bicyclic) bond motifs is 2. The van der Waals surface area contributed by atoms with Crippen molar-refractivity contribution < 1.29 is 8.78 Å². The Hall–Kier alpha value is -2.77. The summed E-state index contributed by atoms with van der Waals surface area (Å²) in [6, 6.07) is 13.4. The number of aryl methyl sites for hydroxylation is 2. The van der Waals surface area contributed by atoms with E-state index in [1.165, 1.54) is 23.1 Å². The highest BCUT2D eigenvalue weighted by atomic mass is 32.1. The number of aliphatic imine (C=N–C) groups is 1. The summed E-state index contributed by atoms with van der Waals surface area (Å²) in [5.41, 5.74) is 3.61. The van der Waals surface area contributed by atoms with Crippen LogP contribution in [0.25, 0.3) is 0 Å². The maximum absolute atomic E-state index is 13.4. The minimum absolute atomic E-state index is 0.144. The van der Waals surface area contributed by atoms with Gasteiger partial charge >= 0.3 is 0 Å². The first-order chi connectivity index (χ1) is 15.3. The molecule has 0 saturated heterocycles. The zero-order valence-corrected chi connectivity index (χ0v) is 20.4. The van der Waals surface area contributed by atoms with E-state index in [4.69, 9.17) is 0 Å². The van der Waals surface area contributed by atoms with Gasteiger partial charge in [-0.1, -0.05) is 19.1 Å². The molecule has 4 nitrogen and oxygen atoms in total. The van der Waals surface area contributed by atoms with E-state index in [0.29, 0.717) is 5.69 Å². The molecule has 4 rings (SSSR count). The van der Waals surface area contributed by atoms with Gasteiger partial charge in [0.2, 0.25) is 0 Å². The summed E-state index contributed by atoms with van der Waals surface area (Å²) in [5.74, 6) is 0.465. The molecule has 32 heavy (non-hydrogen) atoms. The van der Waals surface area contributed by atoms with Gasteiger partial charge < -0.3 is 15.5 Å². The Bertz CT molecular complexity index is 1050. The lowest BCUT2D eigenvalue weighted by atomic mass is 10.2. The average Bonchev–Trinajstić information content (AvgIpc) is 3.06. The van der Waals surface area contributed by atoms with Crippen molar-refractivity contribution in [3.05, 3.63) is 76.2 Å². The molecule has 0 fully saturated rings.